The van der Waals surface area contributed by atoms with Crippen LogP contribution in [-0.4, -0.2) is 17.0 Å². The maximum Gasteiger partial charge on any atom is 0.134 e. The number of hydrogen-bond donors (Lipinski definition) is 1. The van der Waals surface area contributed by atoms with Crippen LogP contribution in [0, 0.1) is 12.7 Å². The molecule has 3 nitrogen and oxygen atoms in total. The van der Waals surface area contributed by atoms with E-state index in [0.29, 0.717) is 22.1 Å². The van der Waals surface area contributed by atoms with Gasteiger partial charge in [-0.2, -0.15) is 0 Å². The van der Waals surface area contributed by atoms with Crippen LogP contribution in [0.5, 0.6) is 0 Å². The second kappa shape index (κ2) is 6.18. The fraction of sp³-hybridized carbons (Fsp3) is 0.333. The summed E-state index contributed by atoms with van der Waals surface area (Å²) in [5.41, 5.74) is 1.89. The topological polar surface area (TPSA) is 37.8 Å². The second-order valence-electron chi connectivity index (χ2n) is 4.59. The van der Waals surface area contributed by atoms with Crippen LogP contribution in [-0.2, 0) is 6.42 Å². The number of aryl methyl sites for hydroxylation is 1. The standard InChI is InChI=1S/C15H17ClFN3/c1-4-5-13-19-14(9(2)15(18-3)20-13)11-7-6-10(16)8-12(11)17/h6-8H,4-5H2,1-3H3,(H,18,19,20). The van der Waals surface area contributed by atoms with E-state index in [9.17, 15) is 4.39 Å². The van der Waals surface area contributed by atoms with Crippen molar-refractivity contribution in [2.24, 2.45) is 0 Å². The Labute approximate surface area is 123 Å². The van der Waals surface area contributed by atoms with Gasteiger partial charge in [0.2, 0.25) is 0 Å². The first kappa shape index (κ1) is 14.7. The molecule has 0 aliphatic heterocycles. The van der Waals surface area contributed by atoms with Gasteiger partial charge < -0.3 is 5.32 Å². The number of hydrogen-bond acceptors (Lipinski definition) is 3. The molecule has 0 unspecified atom stereocenters. The normalized spacial score (nSPS) is 10.7. The third-order valence-corrected chi connectivity index (χ3v) is 3.32. The minimum atomic E-state index is -0.371. The van der Waals surface area contributed by atoms with Crippen molar-refractivity contribution in [2.45, 2.75) is 26.7 Å². The zero-order chi connectivity index (χ0) is 14.7. The highest BCUT2D eigenvalue weighted by Gasteiger charge is 2.15. The molecule has 2 aromatic rings. The highest BCUT2D eigenvalue weighted by atomic mass is 35.5. The summed E-state index contributed by atoms with van der Waals surface area (Å²) in [5, 5.41) is 3.41. The summed E-state index contributed by atoms with van der Waals surface area (Å²) >= 11 is 5.80. The highest BCUT2D eigenvalue weighted by molar-refractivity contribution is 6.30. The third-order valence-electron chi connectivity index (χ3n) is 3.09. The van der Waals surface area contributed by atoms with Gasteiger partial charge in [0.15, 0.2) is 0 Å². The van der Waals surface area contributed by atoms with Crippen LogP contribution in [0.4, 0.5) is 10.2 Å². The molecule has 1 aromatic carbocycles. The van der Waals surface area contributed by atoms with Crippen LogP contribution >= 0.6 is 11.6 Å². The summed E-state index contributed by atoms with van der Waals surface area (Å²) in [7, 11) is 1.80. The number of nitrogens with one attached hydrogen (secondary N) is 1. The average Bonchev–Trinajstić information content (AvgIpc) is 2.41. The number of rotatable bonds is 4. The minimum Gasteiger partial charge on any atom is -0.373 e. The maximum absolute atomic E-state index is 14.1. The van der Waals surface area contributed by atoms with Crippen molar-refractivity contribution < 1.29 is 4.39 Å². The van der Waals surface area contributed by atoms with Crippen molar-refractivity contribution in [2.75, 3.05) is 12.4 Å². The molecule has 0 amide bonds. The van der Waals surface area contributed by atoms with Crippen LogP contribution in [0.15, 0.2) is 18.2 Å². The fourth-order valence-corrected chi connectivity index (χ4v) is 2.24. The van der Waals surface area contributed by atoms with Gasteiger partial charge in [-0.1, -0.05) is 18.5 Å². The van der Waals surface area contributed by atoms with Gasteiger partial charge >= 0.3 is 0 Å². The van der Waals surface area contributed by atoms with Crippen molar-refractivity contribution in [1.82, 2.24) is 9.97 Å². The van der Waals surface area contributed by atoms with Crippen LogP contribution in [0.25, 0.3) is 11.3 Å². The Morgan fingerprint density at radius 3 is 2.65 bits per heavy atom. The molecular weight excluding hydrogens is 277 g/mol. The van der Waals surface area contributed by atoms with E-state index in [0.717, 1.165) is 24.2 Å². The van der Waals surface area contributed by atoms with Gasteiger partial charge in [-0.15, -0.1) is 0 Å². The zero-order valence-electron chi connectivity index (χ0n) is 11.8. The summed E-state index contributed by atoms with van der Waals surface area (Å²) in [4.78, 5) is 8.94. The van der Waals surface area contributed by atoms with E-state index in [2.05, 4.69) is 22.2 Å². The Morgan fingerprint density at radius 1 is 1.30 bits per heavy atom. The van der Waals surface area contributed by atoms with E-state index < -0.39 is 0 Å². The van der Waals surface area contributed by atoms with Crippen LogP contribution in [0.1, 0.15) is 24.7 Å². The van der Waals surface area contributed by atoms with Gasteiger partial charge in [-0.25, -0.2) is 14.4 Å². The van der Waals surface area contributed by atoms with Gasteiger partial charge in [0.1, 0.15) is 17.5 Å². The Hall–Kier alpha value is -1.68. The Morgan fingerprint density at radius 2 is 2.05 bits per heavy atom. The SMILES string of the molecule is CCCc1nc(NC)c(C)c(-c2ccc(Cl)cc2F)n1. The van der Waals surface area contributed by atoms with E-state index >= 15 is 0 Å². The summed E-state index contributed by atoms with van der Waals surface area (Å²) < 4.78 is 14.1. The van der Waals surface area contributed by atoms with Crippen LogP contribution < -0.4 is 5.32 Å². The molecular formula is C15H17ClFN3. The predicted octanol–water partition coefficient (Wildman–Crippen LogP) is 4.24. The maximum atomic E-state index is 14.1. The van der Waals surface area contributed by atoms with Crippen molar-refractivity contribution in [3.63, 3.8) is 0 Å². The number of nitrogens with zero attached hydrogens (tertiary/aromatic N) is 2. The Balaban J connectivity index is 2.62. The lowest BCUT2D eigenvalue weighted by molar-refractivity contribution is 0.630. The molecule has 5 heteroatoms. The lowest BCUT2D eigenvalue weighted by Gasteiger charge is -2.13. The monoisotopic (exact) mass is 293 g/mol. The lowest BCUT2D eigenvalue weighted by Crippen LogP contribution is -2.06. The quantitative estimate of drug-likeness (QED) is 0.916. The summed E-state index contributed by atoms with van der Waals surface area (Å²) in [6, 6.07) is 4.62. The average molecular weight is 294 g/mol. The molecule has 20 heavy (non-hydrogen) atoms. The molecule has 0 aliphatic rings. The number of halogens is 2. The second-order valence-corrected chi connectivity index (χ2v) is 5.02. The Kier molecular flexibility index (Phi) is 4.55. The molecule has 0 saturated carbocycles. The van der Waals surface area contributed by atoms with E-state index in [1.165, 1.54) is 6.07 Å². The van der Waals surface area contributed by atoms with Gasteiger partial charge in [0.05, 0.1) is 5.69 Å². The lowest BCUT2D eigenvalue weighted by atomic mass is 10.1. The van der Waals surface area contributed by atoms with Crippen molar-refractivity contribution in [3.05, 3.63) is 40.4 Å². The third kappa shape index (κ3) is 2.90. The van der Waals surface area contributed by atoms with Gasteiger partial charge in [0, 0.05) is 29.6 Å². The van der Waals surface area contributed by atoms with Crippen molar-refractivity contribution in [1.29, 1.82) is 0 Å². The molecule has 1 heterocycles. The Bertz CT molecular complexity index is 629. The van der Waals surface area contributed by atoms with Crippen LogP contribution in [0.3, 0.4) is 0 Å². The first-order chi connectivity index (χ1) is 9.56. The van der Waals surface area contributed by atoms with E-state index in [-0.39, 0.29) is 5.82 Å². The first-order valence-electron chi connectivity index (χ1n) is 6.57. The van der Waals surface area contributed by atoms with Crippen molar-refractivity contribution in [3.8, 4) is 11.3 Å². The van der Waals surface area contributed by atoms with Crippen LogP contribution in [0.2, 0.25) is 5.02 Å². The fourth-order valence-electron chi connectivity index (χ4n) is 2.09. The van der Waals surface area contributed by atoms with Gasteiger partial charge in [-0.3, -0.25) is 0 Å². The van der Waals surface area contributed by atoms with Crippen molar-refractivity contribution >= 4 is 17.4 Å². The van der Waals surface area contributed by atoms with Gasteiger partial charge in [0.25, 0.3) is 0 Å². The minimum absolute atomic E-state index is 0.371. The smallest absolute Gasteiger partial charge is 0.134 e. The molecule has 106 valence electrons. The molecule has 1 aromatic heterocycles. The number of aromatic nitrogens is 2. The molecule has 0 spiro atoms. The highest BCUT2D eigenvalue weighted by Crippen LogP contribution is 2.29. The summed E-state index contributed by atoms with van der Waals surface area (Å²) in [6.07, 6.45) is 1.70. The van der Waals surface area contributed by atoms with E-state index in [1.54, 1.807) is 19.2 Å². The van der Waals surface area contributed by atoms with E-state index in [1.807, 2.05) is 6.92 Å². The molecule has 0 bridgehead atoms. The van der Waals surface area contributed by atoms with E-state index in [4.69, 9.17) is 11.6 Å². The molecule has 1 N–H and O–H groups in total. The summed E-state index contributed by atoms with van der Waals surface area (Å²) in [6.45, 7) is 3.94. The molecule has 0 aliphatic carbocycles. The molecule has 0 fully saturated rings. The number of anilines is 1. The molecule has 0 atom stereocenters. The predicted molar refractivity (Wildman–Crippen MR) is 80.7 cm³/mol. The number of benzene rings is 1. The summed E-state index contributed by atoms with van der Waals surface area (Å²) in [5.74, 6) is 1.07. The zero-order valence-corrected chi connectivity index (χ0v) is 12.6. The molecule has 2 rings (SSSR count). The largest absolute Gasteiger partial charge is 0.373 e. The first-order valence-corrected chi connectivity index (χ1v) is 6.95. The molecule has 0 radical (unpaired) electrons. The van der Waals surface area contributed by atoms with Gasteiger partial charge in [-0.05, 0) is 31.5 Å². The molecule has 0 saturated heterocycles.